The third-order valence-corrected chi connectivity index (χ3v) is 3.76. The second-order valence-electron chi connectivity index (χ2n) is 5.06. The smallest absolute Gasteiger partial charge is 0.309 e. The molecule has 0 amide bonds. The van der Waals surface area contributed by atoms with Crippen LogP contribution in [0.15, 0.2) is 22.7 Å². The van der Waals surface area contributed by atoms with Crippen molar-refractivity contribution in [3.05, 3.63) is 28.5 Å². The maximum Gasteiger partial charge on any atom is 0.309 e. The van der Waals surface area contributed by atoms with Crippen LogP contribution in [0.4, 0.5) is 0 Å². The molecule has 0 spiro atoms. The Hall–Kier alpha value is -1.36. The fourth-order valence-corrected chi connectivity index (χ4v) is 2.52. The van der Waals surface area contributed by atoms with E-state index in [-0.39, 0.29) is 0 Å². The summed E-state index contributed by atoms with van der Waals surface area (Å²) in [6.45, 7) is 3.42. The van der Waals surface area contributed by atoms with Crippen LogP contribution in [-0.2, 0) is 18.3 Å². The van der Waals surface area contributed by atoms with Crippen molar-refractivity contribution in [2.75, 3.05) is 0 Å². The van der Waals surface area contributed by atoms with Crippen LogP contribution in [0.3, 0.4) is 0 Å². The predicted octanol–water partition coefficient (Wildman–Crippen LogP) is 2.99. The minimum Gasteiger partial charge on any atom is -0.481 e. The highest BCUT2D eigenvalue weighted by atomic mass is 79.9. The molecule has 0 aliphatic rings. The Morgan fingerprint density at radius 1 is 1.50 bits per heavy atom. The van der Waals surface area contributed by atoms with Crippen LogP contribution in [0.25, 0.3) is 11.0 Å². The Kier molecular flexibility index (Phi) is 3.19. The van der Waals surface area contributed by atoms with Crippen molar-refractivity contribution in [3.63, 3.8) is 0 Å². The number of benzene rings is 1. The first kappa shape index (κ1) is 13.1. The molecule has 0 radical (unpaired) electrons. The topological polar surface area (TPSA) is 55.1 Å². The molecule has 0 aliphatic heterocycles. The highest BCUT2D eigenvalue weighted by Crippen LogP contribution is 2.27. The molecule has 2 rings (SSSR count). The lowest BCUT2D eigenvalue weighted by Crippen LogP contribution is -2.27. The van der Waals surface area contributed by atoms with Crippen molar-refractivity contribution < 1.29 is 9.90 Å². The molecule has 1 heterocycles. The summed E-state index contributed by atoms with van der Waals surface area (Å²) in [6, 6.07) is 5.80. The number of aromatic nitrogens is 2. The van der Waals surface area contributed by atoms with E-state index >= 15 is 0 Å². The van der Waals surface area contributed by atoms with E-state index in [1.807, 2.05) is 29.8 Å². The fraction of sp³-hybridized carbons (Fsp3) is 0.385. The van der Waals surface area contributed by atoms with Gasteiger partial charge in [-0.25, -0.2) is 4.98 Å². The lowest BCUT2D eigenvalue weighted by atomic mass is 9.89. The van der Waals surface area contributed by atoms with Crippen LogP contribution in [0.1, 0.15) is 19.7 Å². The molecule has 1 aromatic carbocycles. The number of carbonyl (C=O) groups is 1. The second kappa shape index (κ2) is 4.39. The lowest BCUT2D eigenvalue weighted by Gasteiger charge is -2.18. The summed E-state index contributed by atoms with van der Waals surface area (Å²) in [5.74, 6) is -0.0297. The molecule has 5 heteroatoms. The number of aliphatic carboxylic acids is 1. The molecule has 18 heavy (non-hydrogen) atoms. The zero-order chi connectivity index (χ0) is 13.5. The maximum atomic E-state index is 11.2. The van der Waals surface area contributed by atoms with Crippen molar-refractivity contribution in [3.8, 4) is 0 Å². The van der Waals surface area contributed by atoms with E-state index in [2.05, 4.69) is 20.9 Å². The maximum absolute atomic E-state index is 11.2. The van der Waals surface area contributed by atoms with E-state index in [0.717, 1.165) is 21.3 Å². The normalized spacial score (nSPS) is 12.0. The molecular formula is C13H15BrN2O2. The highest BCUT2D eigenvalue weighted by molar-refractivity contribution is 9.10. The molecule has 96 valence electrons. The number of imidazole rings is 1. The summed E-state index contributed by atoms with van der Waals surface area (Å²) in [6.07, 6.45) is 0.403. The summed E-state index contributed by atoms with van der Waals surface area (Å²) in [4.78, 5) is 15.7. The van der Waals surface area contributed by atoms with Crippen LogP contribution in [0.5, 0.6) is 0 Å². The zero-order valence-electron chi connectivity index (χ0n) is 10.6. The minimum atomic E-state index is -0.818. The van der Waals surface area contributed by atoms with Crippen molar-refractivity contribution >= 4 is 32.9 Å². The molecule has 0 aliphatic carbocycles. The molecule has 0 atom stereocenters. The largest absolute Gasteiger partial charge is 0.481 e. The number of aryl methyl sites for hydroxylation is 1. The molecular weight excluding hydrogens is 296 g/mol. The SMILES string of the molecule is Cn1c(CC(C)(C)C(=O)O)nc2cccc(Br)c21. The van der Waals surface area contributed by atoms with Crippen LogP contribution in [0, 0.1) is 5.41 Å². The number of fused-ring (bicyclic) bond motifs is 1. The van der Waals surface area contributed by atoms with E-state index in [1.54, 1.807) is 13.8 Å². The quantitative estimate of drug-likeness (QED) is 0.948. The van der Waals surface area contributed by atoms with Gasteiger partial charge in [-0.2, -0.15) is 0 Å². The highest BCUT2D eigenvalue weighted by Gasteiger charge is 2.29. The fourth-order valence-electron chi connectivity index (χ4n) is 1.90. The molecule has 1 aromatic heterocycles. The van der Waals surface area contributed by atoms with Crippen molar-refractivity contribution in [2.45, 2.75) is 20.3 Å². The van der Waals surface area contributed by atoms with Gasteiger partial charge in [0, 0.05) is 17.9 Å². The number of para-hydroxylation sites is 1. The molecule has 1 N–H and O–H groups in total. The van der Waals surface area contributed by atoms with Gasteiger partial charge in [0.05, 0.1) is 16.4 Å². The average molecular weight is 311 g/mol. The van der Waals surface area contributed by atoms with Gasteiger partial charge < -0.3 is 9.67 Å². The van der Waals surface area contributed by atoms with E-state index < -0.39 is 11.4 Å². The van der Waals surface area contributed by atoms with Gasteiger partial charge in [-0.05, 0) is 41.9 Å². The van der Waals surface area contributed by atoms with Gasteiger partial charge in [-0.1, -0.05) is 6.07 Å². The Balaban J connectivity index is 2.51. The lowest BCUT2D eigenvalue weighted by molar-refractivity contribution is -0.146. The number of hydrogen-bond donors (Lipinski definition) is 1. The van der Waals surface area contributed by atoms with Crippen molar-refractivity contribution in [1.29, 1.82) is 0 Å². The number of hydrogen-bond acceptors (Lipinski definition) is 2. The van der Waals surface area contributed by atoms with E-state index in [0.29, 0.717) is 6.42 Å². The first-order valence-electron chi connectivity index (χ1n) is 5.66. The number of rotatable bonds is 3. The van der Waals surface area contributed by atoms with Crippen molar-refractivity contribution in [1.82, 2.24) is 9.55 Å². The zero-order valence-corrected chi connectivity index (χ0v) is 12.2. The third-order valence-electron chi connectivity index (χ3n) is 3.12. The average Bonchev–Trinajstić information content (AvgIpc) is 2.56. The Labute approximate surface area is 114 Å². The summed E-state index contributed by atoms with van der Waals surface area (Å²) >= 11 is 3.49. The van der Waals surface area contributed by atoms with Gasteiger partial charge >= 0.3 is 5.97 Å². The summed E-state index contributed by atoms with van der Waals surface area (Å²) in [7, 11) is 1.91. The Morgan fingerprint density at radius 2 is 2.17 bits per heavy atom. The Bertz CT molecular complexity index is 617. The first-order chi connectivity index (χ1) is 8.33. The van der Waals surface area contributed by atoms with E-state index in [9.17, 15) is 9.90 Å². The van der Waals surface area contributed by atoms with Gasteiger partial charge in [0.1, 0.15) is 5.82 Å². The van der Waals surface area contributed by atoms with Crippen LogP contribution >= 0.6 is 15.9 Å². The molecule has 0 saturated carbocycles. The number of carboxylic acids is 1. The molecule has 4 nitrogen and oxygen atoms in total. The number of halogens is 1. The molecule has 0 fully saturated rings. The standard InChI is InChI=1S/C13H15BrN2O2/c1-13(2,12(17)18)7-10-15-9-6-4-5-8(14)11(9)16(10)3/h4-6H,7H2,1-3H3,(H,17,18). The molecule has 0 bridgehead atoms. The van der Waals surface area contributed by atoms with E-state index in [4.69, 9.17) is 0 Å². The second-order valence-corrected chi connectivity index (χ2v) is 5.91. The van der Waals surface area contributed by atoms with Gasteiger partial charge in [-0.3, -0.25) is 4.79 Å². The summed E-state index contributed by atoms with van der Waals surface area (Å²) < 4.78 is 2.92. The molecule has 0 saturated heterocycles. The summed E-state index contributed by atoms with van der Waals surface area (Å²) in [5, 5.41) is 9.18. The number of nitrogens with zero attached hydrogens (tertiary/aromatic N) is 2. The Morgan fingerprint density at radius 3 is 2.72 bits per heavy atom. The molecule has 0 unspecified atom stereocenters. The molecule has 2 aromatic rings. The first-order valence-corrected chi connectivity index (χ1v) is 6.45. The van der Waals surface area contributed by atoms with Crippen molar-refractivity contribution in [2.24, 2.45) is 12.5 Å². The van der Waals surface area contributed by atoms with Crippen LogP contribution < -0.4 is 0 Å². The van der Waals surface area contributed by atoms with Gasteiger partial charge in [0.15, 0.2) is 0 Å². The monoisotopic (exact) mass is 310 g/mol. The van der Waals surface area contributed by atoms with Crippen LogP contribution in [0.2, 0.25) is 0 Å². The predicted molar refractivity (Wildman–Crippen MR) is 73.5 cm³/mol. The van der Waals surface area contributed by atoms with E-state index in [1.165, 1.54) is 0 Å². The third kappa shape index (κ3) is 2.14. The minimum absolute atomic E-state index is 0.403. The van der Waals surface area contributed by atoms with Gasteiger partial charge in [0.25, 0.3) is 0 Å². The number of carboxylic acid groups (broad SMARTS) is 1. The van der Waals surface area contributed by atoms with Gasteiger partial charge in [0.2, 0.25) is 0 Å². The summed E-state index contributed by atoms with van der Waals surface area (Å²) in [5.41, 5.74) is 1.05. The van der Waals surface area contributed by atoms with Gasteiger partial charge in [-0.15, -0.1) is 0 Å². The van der Waals surface area contributed by atoms with Crippen LogP contribution in [-0.4, -0.2) is 20.6 Å².